The lowest BCUT2D eigenvalue weighted by Gasteiger charge is -2.03. The van der Waals surface area contributed by atoms with Crippen molar-refractivity contribution in [3.05, 3.63) is 49.9 Å². The number of benzene rings is 1. The highest BCUT2D eigenvalue weighted by Crippen LogP contribution is 2.25. The van der Waals surface area contributed by atoms with E-state index >= 15 is 0 Å². The molecular formula is C17H17ClN4O2S2. The van der Waals surface area contributed by atoms with Crippen LogP contribution < -0.4 is 10.1 Å². The lowest BCUT2D eigenvalue weighted by atomic mass is 10.2. The molecule has 0 aliphatic carbocycles. The minimum atomic E-state index is -0.232. The smallest absolute Gasteiger partial charge is 0.269 e. The van der Waals surface area contributed by atoms with Gasteiger partial charge in [-0.25, -0.2) is 4.98 Å². The normalized spacial score (nSPS) is 11.0. The maximum atomic E-state index is 12.5. The Balaban J connectivity index is 1.64. The molecule has 3 rings (SSSR count). The number of carbonyl (C=O) groups is 1. The van der Waals surface area contributed by atoms with Gasteiger partial charge in [-0.3, -0.25) is 10.1 Å². The van der Waals surface area contributed by atoms with Gasteiger partial charge in [0.05, 0.1) is 5.69 Å². The van der Waals surface area contributed by atoms with Crippen molar-refractivity contribution < 1.29 is 9.53 Å². The van der Waals surface area contributed by atoms with E-state index in [-0.39, 0.29) is 18.4 Å². The Morgan fingerprint density at radius 3 is 2.62 bits per heavy atom. The van der Waals surface area contributed by atoms with Crippen molar-refractivity contribution in [1.29, 1.82) is 0 Å². The van der Waals surface area contributed by atoms with E-state index in [2.05, 4.69) is 20.5 Å². The van der Waals surface area contributed by atoms with E-state index in [1.807, 2.05) is 13.8 Å². The van der Waals surface area contributed by atoms with Crippen molar-refractivity contribution in [3.63, 3.8) is 0 Å². The van der Waals surface area contributed by atoms with Gasteiger partial charge in [-0.2, -0.15) is 0 Å². The number of aromatic nitrogens is 3. The second kappa shape index (κ2) is 8.11. The Hall–Kier alpha value is -2.03. The maximum Gasteiger partial charge on any atom is 0.269 e. The summed E-state index contributed by atoms with van der Waals surface area (Å²) in [5.41, 5.74) is 0.663. The Bertz CT molecular complexity index is 906. The van der Waals surface area contributed by atoms with E-state index in [9.17, 15) is 4.79 Å². The monoisotopic (exact) mass is 408 g/mol. The number of hydrogen-bond donors (Lipinski definition) is 1. The number of nitrogens with one attached hydrogen (secondary N) is 1. The summed E-state index contributed by atoms with van der Waals surface area (Å²) in [5.74, 6) is 0.743. The van der Waals surface area contributed by atoms with Crippen molar-refractivity contribution in [2.24, 2.45) is 0 Å². The van der Waals surface area contributed by atoms with Crippen LogP contribution in [0.15, 0.2) is 24.3 Å². The largest absolute Gasteiger partial charge is 0.486 e. The van der Waals surface area contributed by atoms with Gasteiger partial charge in [0.2, 0.25) is 5.13 Å². The number of ether oxygens (including phenoxy) is 1. The van der Waals surface area contributed by atoms with E-state index in [1.54, 1.807) is 31.2 Å². The highest BCUT2D eigenvalue weighted by Gasteiger charge is 2.18. The lowest BCUT2D eigenvalue weighted by molar-refractivity contribution is 0.102. The molecule has 0 unspecified atom stereocenters. The number of hydrogen-bond acceptors (Lipinski definition) is 7. The molecule has 0 aliphatic heterocycles. The molecule has 1 N–H and O–H groups in total. The number of carbonyl (C=O) groups excluding carboxylic acids is 1. The number of amides is 1. The number of aryl methyl sites for hydroxylation is 1. The molecule has 6 nitrogen and oxygen atoms in total. The first-order chi connectivity index (χ1) is 12.4. The lowest BCUT2D eigenvalue weighted by Crippen LogP contribution is -2.11. The molecule has 2 heterocycles. The zero-order valence-electron chi connectivity index (χ0n) is 14.4. The van der Waals surface area contributed by atoms with Crippen LogP contribution in [0.4, 0.5) is 5.13 Å². The molecule has 2 aromatic heterocycles. The molecular weight excluding hydrogens is 392 g/mol. The van der Waals surface area contributed by atoms with E-state index < -0.39 is 0 Å². The third-order valence-corrected chi connectivity index (χ3v) is 5.90. The number of thiazole rings is 1. The second-order valence-electron chi connectivity index (χ2n) is 5.82. The van der Waals surface area contributed by atoms with Gasteiger partial charge in [0, 0.05) is 10.9 Å². The van der Waals surface area contributed by atoms with Crippen molar-refractivity contribution in [2.75, 3.05) is 5.32 Å². The van der Waals surface area contributed by atoms with Gasteiger partial charge in [0.15, 0.2) is 0 Å². The fraction of sp³-hybridized carbons (Fsp3) is 0.294. The minimum Gasteiger partial charge on any atom is -0.486 e. The summed E-state index contributed by atoms with van der Waals surface area (Å²) in [6.07, 6.45) is 0. The van der Waals surface area contributed by atoms with Crippen LogP contribution in [0.1, 0.15) is 45.1 Å². The maximum absolute atomic E-state index is 12.5. The molecule has 0 saturated heterocycles. The van der Waals surface area contributed by atoms with Crippen molar-refractivity contribution in [2.45, 2.75) is 33.3 Å². The predicted octanol–water partition coefficient (Wildman–Crippen LogP) is 4.91. The second-order valence-corrected chi connectivity index (χ2v) is 8.35. The van der Waals surface area contributed by atoms with Gasteiger partial charge in [0.25, 0.3) is 5.91 Å². The highest BCUT2D eigenvalue weighted by molar-refractivity contribution is 7.16. The molecule has 0 fully saturated rings. The van der Waals surface area contributed by atoms with Gasteiger partial charge in [-0.1, -0.05) is 36.8 Å². The predicted molar refractivity (Wildman–Crippen MR) is 105 cm³/mol. The first-order valence-electron chi connectivity index (χ1n) is 7.92. The Kier molecular flexibility index (Phi) is 5.85. The van der Waals surface area contributed by atoms with Crippen LogP contribution in [0.5, 0.6) is 5.75 Å². The molecule has 0 radical (unpaired) electrons. The molecule has 0 atom stereocenters. The minimum absolute atomic E-state index is 0.232. The first-order valence-corrected chi connectivity index (χ1v) is 9.93. The van der Waals surface area contributed by atoms with Crippen molar-refractivity contribution in [3.8, 4) is 5.75 Å². The van der Waals surface area contributed by atoms with Crippen LogP contribution in [-0.4, -0.2) is 21.1 Å². The summed E-state index contributed by atoms with van der Waals surface area (Å²) in [6.45, 7) is 6.16. The van der Waals surface area contributed by atoms with Crippen LogP contribution in [-0.2, 0) is 6.61 Å². The molecule has 0 aliphatic rings. The van der Waals surface area contributed by atoms with Gasteiger partial charge < -0.3 is 4.74 Å². The summed E-state index contributed by atoms with van der Waals surface area (Å²) in [6, 6.07) is 7.10. The van der Waals surface area contributed by atoms with Crippen LogP contribution in [0.3, 0.4) is 0 Å². The van der Waals surface area contributed by atoms with Crippen LogP contribution in [0.25, 0.3) is 0 Å². The standard InChI is InChI=1S/C17H17ClN4O2S2/c1-9(2)16-21-22-17(26-16)20-15(23)14-10(3)19-13(25-14)8-24-12-6-4-11(18)5-7-12/h4-7,9H,8H2,1-3H3,(H,20,22,23). The topological polar surface area (TPSA) is 77.0 Å². The highest BCUT2D eigenvalue weighted by atomic mass is 35.5. The van der Waals surface area contributed by atoms with Crippen LogP contribution in [0.2, 0.25) is 5.02 Å². The summed E-state index contributed by atoms with van der Waals surface area (Å²) in [7, 11) is 0. The zero-order valence-corrected chi connectivity index (χ0v) is 16.8. The summed E-state index contributed by atoms with van der Waals surface area (Å²) in [4.78, 5) is 17.4. The number of rotatable bonds is 6. The summed E-state index contributed by atoms with van der Waals surface area (Å²) >= 11 is 8.54. The third kappa shape index (κ3) is 4.57. The van der Waals surface area contributed by atoms with Crippen molar-refractivity contribution in [1.82, 2.24) is 15.2 Å². The fourth-order valence-electron chi connectivity index (χ4n) is 2.07. The molecule has 0 spiro atoms. The van der Waals surface area contributed by atoms with E-state index in [1.165, 1.54) is 22.7 Å². The van der Waals surface area contributed by atoms with Crippen LogP contribution in [0, 0.1) is 6.92 Å². The molecule has 9 heteroatoms. The number of halogens is 1. The summed E-state index contributed by atoms with van der Waals surface area (Å²) in [5, 5.41) is 13.6. The number of nitrogens with zero attached hydrogens (tertiary/aromatic N) is 3. The third-order valence-electron chi connectivity index (χ3n) is 3.38. The Morgan fingerprint density at radius 1 is 1.23 bits per heavy atom. The molecule has 136 valence electrons. The SMILES string of the molecule is Cc1nc(COc2ccc(Cl)cc2)sc1C(=O)Nc1nnc(C(C)C)s1. The molecule has 1 aromatic carbocycles. The van der Waals surface area contributed by atoms with Gasteiger partial charge in [0.1, 0.15) is 27.2 Å². The van der Waals surface area contributed by atoms with Crippen molar-refractivity contribution >= 4 is 45.3 Å². The quantitative estimate of drug-likeness (QED) is 0.626. The molecule has 1 amide bonds. The first kappa shape index (κ1) is 18.8. The van der Waals surface area contributed by atoms with Gasteiger partial charge in [-0.15, -0.1) is 21.5 Å². The molecule has 26 heavy (non-hydrogen) atoms. The van der Waals surface area contributed by atoms with E-state index in [0.29, 0.717) is 26.5 Å². The zero-order chi connectivity index (χ0) is 18.7. The number of anilines is 1. The fourth-order valence-corrected chi connectivity index (χ4v) is 3.81. The average Bonchev–Trinajstić information content (AvgIpc) is 3.21. The van der Waals surface area contributed by atoms with E-state index in [0.717, 1.165) is 10.0 Å². The summed E-state index contributed by atoms with van der Waals surface area (Å²) < 4.78 is 5.68. The van der Waals surface area contributed by atoms with Gasteiger partial charge >= 0.3 is 0 Å². The molecule has 0 bridgehead atoms. The Labute approximate surface area is 164 Å². The van der Waals surface area contributed by atoms with Crippen LogP contribution >= 0.6 is 34.3 Å². The Morgan fingerprint density at radius 2 is 1.96 bits per heavy atom. The van der Waals surface area contributed by atoms with E-state index in [4.69, 9.17) is 16.3 Å². The molecule has 0 saturated carbocycles. The average molecular weight is 409 g/mol. The molecule has 3 aromatic rings. The van der Waals surface area contributed by atoms with Gasteiger partial charge in [-0.05, 0) is 31.2 Å².